The topological polar surface area (TPSA) is 113 Å². The van der Waals surface area contributed by atoms with E-state index in [4.69, 9.17) is 0 Å². The molecule has 0 unspecified atom stereocenters. The second-order valence-electron chi connectivity index (χ2n) is 7.77. The van der Waals surface area contributed by atoms with Crippen molar-refractivity contribution in [3.63, 3.8) is 0 Å². The summed E-state index contributed by atoms with van der Waals surface area (Å²) in [6.45, 7) is 1.66. The molecule has 32 heavy (non-hydrogen) atoms. The Morgan fingerprint density at radius 2 is 1.84 bits per heavy atom. The minimum absolute atomic E-state index is 0.0795. The zero-order chi connectivity index (χ0) is 22.7. The van der Waals surface area contributed by atoms with E-state index in [1.807, 2.05) is 6.07 Å². The third-order valence-electron chi connectivity index (χ3n) is 5.41. The highest BCUT2D eigenvalue weighted by atomic mass is 32.2. The first kappa shape index (κ1) is 21.9. The Hall–Kier alpha value is -3.31. The van der Waals surface area contributed by atoms with E-state index >= 15 is 0 Å². The second kappa shape index (κ2) is 9.05. The van der Waals surface area contributed by atoms with Crippen molar-refractivity contribution >= 4 is 27.3 Å². The van der Waals surface area contributed by atoms with Crippen molar-refractivity contribution in [3.05, 3.63) is 54.4 Å². The highest BCUT2D eigenvalue weighted by molar-refractivity contribution is 7.89. The third-order valence-corrected chi connectivity index (χ3v) is 7.22. The van der Waals surface area contributed by atoms with Gasteiger partial charge < -0.3 is 10.2 Å². The van der Waals surface area contributed by atoms with E-state index in [1.165, 1.54) is 31.2 Å². The molecule has 1 aliphatic heterocycles. The summed E-state index contributed by atoms with van der Waals surface area (Å²) in [6, 6.07) is 11.9. The number of tetrazole rings is 1. The van der Waals surface area contributed by atoms with Gasteiger partial charge in [-0.3, -0.25) is 4.79 Å². The van der Waals surface area contributed by atoms with Crippen molar-refractivity contribution in [1.29, 1.82) is 0 Å². The Morgan fingerprint density at radius 1 is 1.06 bits per heavy atom. The van der Waals surface area contributed by atoms with Gasteiger partial charge in [0.2, 0.25) is 10.0 Å². The monoisotopic (exact) mass is 455 g/mol. The van der Waals surface area contributed by atoms with Crippen LogP contribution in [0.5, 0.6) is 0 Å². The predicted octanol–water partition coefficient (Wildman–Crippen LogP) is 2.16. The number of hydrogen-bond donors (Lipinski definition) is 1. The fourth-order valence-corrected chi connectivity index (χ4v) is 4.61. The zero-order valence-corrected chi connectivity index (χ0v) is 18.8. The van der Waals surface area contributed by atoms with E-state index < -0.39 is 10.0 Å². The van der Waals surface area contributed by atoms with Gasteiger partial charge in [0.05, 0.1) is 16.1 Å². The van der Waals surface area contributed by atoms with Crippen LogP contribution >= 0.6 is 0 Å². The number of amides is 1. The van der Waals surface area contributed by atoms with Crippen LogP contribution in [0.15, 0.2) is 53.7 Å². The lowest BCUT2D eigenvalue weighted by molar-refractivity contribution is 0.102. The summed E-state index contributed by atoms with van der Waals surface area (Å²) in [6.07, 6.45) is 4.68. The van der Waals surface area contributed by atoms with E-state index in [0.29, 0.717) is 16.9 Å². The molecule has 1 N–H and O–H groups in total. The molecule has 0 bridgehead atoms. The highest BCUT2D eigenvalue weighted by Crippen LogP contribution is 2.29. The largest absolute Gasteiger partial charge is 0.371 e. The molecule has 168 valence electrons. The first-order valence-corrected chi connectivity index (χ1v) is 11.8. The molecule has 1 fully saturated rings. The Morgan fingerprint density at radius 3 is 2.53 bits per heavy atom. The van der Waals surface area contributed by atoms with Crippen LogP contribution in [0, 0.1) is 0 Å². The molecule has 0 saturated carbocycles. The maximum atomic E-state index is 13.3. The van der Waals surface area contributed by atoms with E-state index in [1.54, 1.807) is 30.3 Å². The summed E-state index contributed by atoms with van der Waals surface area (Å²) in [4.78, 5) is 15.6. The normalized spacial score (nSPS) is 14.5. The van der Waals surface area contributed by atoms with Gasteiger partial charge >= 0.3 is 0 Å². The maximum Gasteiger partial charge on any atom is 0.257 e. The van der Waals surface area contributed by atoms with Gasteiger partial charge in [-0.2, -0.15) is 0 Å². The third kappa shape index (κ3) is 4.48. The van der Waals surface area contributed by atoms with Crippen molar-refractivity contribution in [2.45, 2.75) is 24.2 Å². The maximum absolute atomic E-state index is 13.3. The van der Waals surface area contributed by atoms with Crippen LogP contribution in [0.3, 0.4) is 0 Å². The molecule has 0 spiro atoms. The number of nitrogens with zero attached hydrogens (tertiary/aromatic N) is 6. The number of hydrogen-bond acceptors (Lipinski definition) is 7. The molecule has 2 aromatic carbocycles. The summed E-state index contributed by atoms with van der Waals surface area (Å²) in [7, 11) is -0.740. The van der Waals surface area contributed by atoms with Gasteiger partial charge in [0.25, 0.3) is 5.91 Å². The van der Waals surface area contributed by atoms with E-state index in [2.05, 4.69) is 25.7 Å². The summed E-state index contributed by atoms with van der Waals surface area (Å²) >= 11 is 0. The van der Waals surface area contributed by atoms with Gasteiger partial charge in [-0.05, 0) is 66.1 Å². The molecule has 4 rings (SSSR count). The molecule has 1 aromatic heterocycles. The number of carbonyl (C=O) groups is 1. The number of carbonyl (C=O) groups excluding carboxylic acids is 1. The molecule has 1 saturated heterocycles. The first-order chi connectivity index (χ1) is 15.4. The Labute approximate surface area is 186 Å². The molecular formula is C21H25N7O3S. The molecule has 1 aliphatic rings. The number of anilines is 2. The number of nitrogens with one attached hydrogen (secondary N) is 1. The molecule has 11 heteroatoms. The summed E-state index contributed by atoms with van der Waals surface area (Å²) in [5.74, 6) is -0.379. The van der Waals surface area contributed by atoms with Crippen LogP contribution in [-0.2, 0) is 10.0 Å². The Balaban J connectivity index is 1.70. The van der Waals surface area contributed by atoms with Gasteiger partial charge in [0, 0.05) is 38.6 Å². The van der Waals surface area contributed by atoms with Gasteiger partial charge in [0.1, 0.15) is 6.33 Å². The number of benzene rings is 2. The van der Waals surface area contributed by atoms with Crippen molar-refractivity contribution in [1.82, 2.24) is 24.5 Å². The van der Waals surface area contributed by atoms with Crippen LogP contribution < -0.4 is 10.2 Å². The van der Waals surface area contributed by atoms with Crippen molar-refractivity contribution < 1.29 is 13.2 Å². The predicted molar refractivity (Wildman–Crippen MR) is 120 cm³/mol. The minimum Gasteiger partial charge on any atom is -0.371 e. The Bertz CT molecular complexity index is 1200. The number of rotatable bonds is 6. The van der Waals surface area contributed by atoms with Crippen LogP contribution in [0.4, 0.5) is 11.4 Å². The minimum atomic E-state index is -3.68. The molecule has 3 aromatic rings. The molecular weight excluding hydrogens is 430 g/mol. The molecule has 0 radical (unpaired) electrons. The van der Waals surface area contributed by atoms with Crippen molar-refractivity contribution in [3.8, 4) is 5.69 Å². The average molecular weight is 456 g/mol. The van der Waals surface area contributed by atoms with E-state index in [-0.39, 0.29) is 10.8 Å². The number of piperidine rings is 1. The van der Waals surface area contributed by atoms with Gasteiger partial charge in [-0.15, -0.1) is 5.10 Å². The fourth-order valence-electron chi connectivity index (χ4n) is 3.68. The Kier molecular flexibility index (Phi) is 6.19. The quantitative estimate of drug-likeness (QED) is 0.606. The van der Waals surface area contributed by atoms with Crippen LogP contribution in [0.25, 0.3) is 5.69 Å². The number of aromatic nitrogens is 4. The number of sulfonamides is 1. The van der Waals surface area contributed by atoms with Gasteiger partial charge in [0.15, 0.2) is 0 Å². The van der Waals surface area contributed by atoms with Crippen LogP contribution in [0.1, 0.15) is 29.6 Å². The molecule has 0 atom stereocenters. The average Bonchev–Trinajstić information content (AvgIpc) is 3.34. The van der Waals surface area contributed by atoms with Gasteiger partial charge in [-0.1, -0.05) is 6.07 Å². The summed E-state index contributed by atoms with van der Waals surface area (Å²) in [5, 5.41) is 14.0. The molecule has 10 nitrogen and oxygen atoms in total. The standard InChI is InChI=1S/C21H25N7O3S/c1-26(2)32(30,31)18-9-10-20(27-11-4-3-5-12-27)19(14-18)21(29)23-16-7-6-8-17(13-16)28-15-22-24-25-28/h6-10,13-15H,3-5,11-12H2,1-2H3,(H,23,29). The van der Waals surface area contributed by atoms with E-state index in [0.717, 1.165) is 42.3 Å². The lowest BCUT2D eigenvalue weighted by Crippen LogP contribution is -2.32. The van der Waals surface area contributed by atoms with Crippen LogP contribution in [-0.4, -0.2) is 66.0 Å². The lowest BCUT2D eigenvalue weighted by atomic mass is 10.1. The SMILES string of the molecule is CN(C)S(=O)(=O)c1ccc(N2CCCCC2)c(C(=O)Nc2cccc(-n3cnnn3)c2)c1. The molecule has 2 heterocycles. The fraction of sp³-hybridized carbons (Fsp3) is 0.333. The molecule has 1 amide bonds. The smallest absolute Gasteiger partial charge is 0.257 e. The first-order valence-electron chi connectivity index (χ1n) is 10.3. The summed E-state index contributed by atoms with van der Waals surface area (Å²) < 4.78 is 28.0. The zero-order valence-electron chi connectivity index (χ0n) is 18.0. The van der Waals surface area contributed by atoms with Crippen molar-refractivity contribution in [2.75, 3.05) is 37.4 Å². The van der Waals surface area contributed by atoms with Crippen molar-refractivity contribution in [2.24, 2.45) is 0 Å². The molecule has 0 aliphatic carbocycles. The lowest BCUT2D eigenvalue weighted by Gasteiger charge is -2.30. The second-order valence-corrected chi connectivity index (χ2v) is 9.92. The van der Waals surface area contributed by atoms with Gasteiger partial charge in [-0.25, -0.2) is 17.4 Å². The van der Waals surface area contributed by atoms with Crippen LogP contribution in [0.2, 0.25) is 0 Å². The van der Waals surface area contributed by atoms with E-state index in [9.17, 15) is 13.2 Å². The highest BCUT2D eigenvalue weighted by Gasteiger charge is 2.24. The summed E-state index contributed by atoms with van der Waals surface area (Å²) in [5.41, 5.74) is 2.29.